The average Bonchev–Trinajstić information content (AvgIpc) is 3.10. The van der Waals surface area contributed by atoms with Crippen LogP contribution >= 0.6 is 0 Å². The number of hydrogen-bond acceptors (Lipinski definition) is 4. The van der Waals surface area contributed by atoms with Gasteiger partial charge >= 0.3 is 0 Å². The molecule has 1 saturated carbocycles. The minimum atomic E-state index is -0.177. The van der Waals surface area contributed by atoms with Crippen molar-refractivity contribution < 1.29 is 4.79 Å². The van der Waals surface area contributed by atoms with Crippen LogP contribution in [0.25, 0.3) is 5.82 Å². The van der Waals surface area contributed by atoms with E-state index in [-0.39, 0.29) is 5.91 Å². The zero-order valence-corrected chi connectivity index (χ0v) is 12.4. The molecule has 1 aliphatic rings. The maximum absolute atomic E-state index is 12.1. The largest absolute Gasteiger partial charge is 0.347 e. The van der Waals surface area contributed by atoms with Gasteiger partial charge in [-0.3, -0.25) is 9.89 Å². The molecule has 7 nitrogen and oxygen atoms in total. The molecule has 0 bridgehead atoms. The molecule has 3 heterocycles. The van der Waals surface area contributed by atoms with Crippen molar-refractivity contribution in [3.8, 4) is 5.82 Å². The second kappa shape index (κ2) is 5.68. The van der Waals surface area contributed by atoms with Crippen molar-refractivity contribution in [2.75, 3.05) is 0 Å². The van der Waals surface area contributed by atoms with E-state index in [2.05, 4.69) is 25.6 Å². The molecule has 3 aromatic rings. The van der Waals surface area contributed by atoms with Gasteiger partial charge in [0.1, 0.15) is 5.69 Å². The molecule has 3 aromatic heterocycles. The van der Waals surface area contributed by atoms with Crippen molar-refractivity contribution in [1.29, 1.82) is 0 Å². The zero-order valence-electron chi connectivity index (χ0n) is 12.4. The summed E-state index contributed by atoms with van der Waals surface area (Å²) in [4.78, 5) is 16.4. The highest BCUT2D eigenvalue weighted by Gasteiger charge is 2.26. The Hall–Kier alpha value is -2.96. The molecular weight excluding hydrogens is 292 g/mol. The lowest BCUT2D eigenvalue weighted by atomic mass is 10.2. The van der Waals surface area contributed by atoms with Gasteiger partial charge in [0.2, 0.25) is 0 Å². The number of nitrogens with one attached hydrogen (secondary N) is 2. The van der Waals surface area contributed by atoms with Crippen LogP contribution in [0.4, 0.5) is 0 Å². The van der Waals surface area contributed by atoms with Gasteiger partial charge in [0, 0.05) is 36.7 Å². The van der Waals surface area contributed by atoms with Crippen molar-refractivity contribution in [2.45, 2.75) is 25.3 Å². The molecule has 0 saturated heterocycles. The van der Waals surface area contributed by atoms with Gasteiger partial charge in [-0.1, -0.05) is 6.07 Å². The third-order valence-corrected chi connectivity index (χ3v) is 3.85. The number of rotatable bonds is 5. The summed E-state index contributed by atoms with van der Waals surface area (Å²) in [5.41, 5.74) is 2.42. The molecule has 4 rings (SSSR count). The summed E-state index contributed by atoms with van der Waals surface area (Å²) in [6.45, 7) is 0.414. The Kier molecular flexibility index (Phi) is 3.38. The Morgan fingerprint density at radius 2 is 2.30 bits per heavy atom. The highest BCUT2D eigenvalue weighted by atomic mass is 16.1. The Morgan fingerprint density at radius 1 is 1.39 bits per heavy atom. The van der Waals surface area contributed by atoms with Crippen LogP contribution in [0.15, 0.2) is 42.9 Å². The Labute approximate surface area is 132 Å². The van der Waals surface area contributed by atoms with Gasteiger partial charge in [0.25, 0.3) is 5.91 Å². The molecule has 0 radical (unpaired) electrons. The van der Waals surface area contributed by atoms with Crippen LogP contribution in [-0.2, 0) is 6.54 Å². The van der Waals surface area contributed by atoms with Crippen LogP contribution in [0.1, 0.15) is 40.5 Å². The summed E-state index contributed by atoms with van der Waals surface area (Å²) in [7, 11) is 0. The molecule has 0 spiro atoms. The predicted molar refractivity (Wildman–Crippen MR) is 83.1 cm³/mol. The highest BCUT2D eigenvalue weighted by molar-refractivity contribution is 5.92. The van der Waals surface area contributed by atoms with E-state index in [1.807, 2.05) is 30.5 Å². The fourth-order valence-corrected chi connectivity index (χ4v) is 2.39. The van der Waals surface area contributed by atoms with Crippen molar-refractivity contribution in [3.63, 3.8) is 0 Å². The molecule has 7 heteroatoms. The van der Waals surface area contributed by atoms with E-state index in [9.17, 15) is 4.79 Å². The number of carbonyl (C=O) groups excluding carboxylic acids is 1. The number of H-pyrrole nitrogens is 1. The fourth-order valence-electron chi connectivity index (χ4n) is 2.39. The van der Waals surface area contributed by atoms with Gasteiger partial charge in [-0.25, -0.2) is 9.67 Å². The van der Waals surface area contributed by atoms with Crippen LogP contribution < -0.4 is 5.32 Å². The molecular formula is C16H16N6O. The molecule has 1 aliphatic carbocycles. The second-order valence-electron chi connectivity index (χ2n) is 5.64. The number of aromatic nitrogens is 5. The van der Waals surface area contributed by atoms with E-state index < -0.39 is 0 Å². The molecule has 1 amide bonds. The lowest BCUT2D eigenvalue weighted by molar-refractivity contribution is 0.0946. The first-order chi connectivity index (χ1) is 11.3. The summed E-state index contributed by atoms with van der Waals surface area (Å²) in [5.74, 6) is 1.12. The Bertz CT molecular complexity index is 801. The minimum absolute atomic E-state index is 0.177. The molecule has 116 valence electrons. The average molecular weight is 308 g/mol. The third-order valence-electron chi connectivity index (χ3n) is 3.85. The molecule has 0 aliphatic heterocycles. The smallest absolute Gasteiger partial charge is 0.272 e. The summed E-state index contributed by atoms with van der Waals surface area (Å²) in [6.07, 6.45) is 7.63. The highest BCUT2D eigenvalue weighted by Crippen LogP contribution is 2.38. The van der Waals surface area contributed by atoms with E-state index in [1.54, 1.807) is 17.1 Å². The lowest BCUT2D eigenvalue weighted by Crippen LogP contribution is -2.23. The predicted octanol–water partition coefficient (Wildman–Crippen LogP) is 1.80. The standard InChI is InChI=1S/C16H16N6O/c23-16(14-8-13(20-21-14)12-3-4-12)18-10-11-2-5-15(17-9-11)22-7-1-6-19-22/h1-2,5-9,12H,3-4,10H2,(H,18,23)(H,20,21). The van der Waals surface area contributed by atoms with Gasteiger partial charge in [0.15, 0.2) is 5.82 Å². The van der Waals surface area contributed by atoms with E-state index in [4.69, 9.17) is 0 Å². The van der Waals surface area contributed by atoms with Gasteiger partial charge in [-0.15, -0.1) is 0 Å². The van der Waals surface area contributed by atoms with Gasteiger partial charge in [0.05, 0.1) is 0 Å². The molecule has 0 aromatic carbocycles. The normalized spacial score (nSPS) is 13.9. The zero-order chi connectivity index (χ0) is 15.6. The van der Waals surface area contributed by atoms with Crippen LogP contribution in [0.5, 0.6) is 0 Å². The van der Waals surface area contributed by atoms with Crippen molar-refractivity contribution in [2.24, 2.45) is 0 Å². The van der Waals surface area contributed by atoms with Crippen LogP contribution in [0.2, 0.25) is 0 Å². The molecule has 1 fully saturated rings. The molecule has 2 N–H and O–H groups in total. The second-order valence-corrected chi connectivity index (χ2v) is 5.64. The Morgan fingerprint density at radius 3 is 3.00 bits per heavy atom. The SMILES string of the molecule is O=C(NCc1ccc(-n2cccn2)nc1)c1cc(C2CC2)[nH]n1. The van der Waals surface area contributed by atoms with E-state index in [0.717, 1.165) is 17.1 Å². The first-order valence-corrected chi connectivity index (χ1v) is 7.58. The third kappa shape index (κ3) is 2.98. The maximum atomic E-state index is 12.1. The quantitative estimate of drug-likeness (QED) is 0.752. The monoisotopic (exact) mass is 308 g/mol. The minimum Gasteiger partial charge on any atom is -0.347 e. The van der Waals surface area contributed by atoms with Gasteiger partial charge in [-0.05, 0) is 36.6 Å². The molecule has 0 unspecified atom stereocenters. The number of amides is 1. The number of carbonyl (C=O) groups is 1. The van der Waals surface area contributed by atoms with E-state index in [0.29, 0.717) is 18.2 Å². The number of hydrogen-bond donors (Lipinski definition) is 2. The fraction of sp³-hybridized carbons (Fsp3) is 0.250. The van der Waals surface area contributed by atoms with Crippen LogP contribution in [0, 0.1) is 0 Å². The van der Waals surface area contributed by atoms with Gasteiger partial charge < -0.3 is 5.32 Å². The van der Waals surface area contributed by atoms with E-state index in [1.165, 1.54) is 12.8 Å². The number of pyridine rings is 1. The molecule has 23 heavy (non-hydrogen) atoms. The van der Waals surface area contributed by atoms with Gasteiger partial charge in [-0.2, -0.15) is 10.2 Å². The first-order valence-electron chi connectivity index (χ1n) is 7.58. The topological polar surface area (TPSA) is 88.5 Å². The number of aromatic amines is 1. The summed E-state index contributed by atoms with van der Waals surface area (Å²) < 4.78 is 1.69. The lowest BCUT2D eigenvalue weighted by Gasteiger charge is -2.05. The van der Waals surface area contributed by atoms with E-state index >= 15 is 0 Å². The van der Waals surface area contributed by atoms with Crippen molar-refractivity contribution in [1.82, 2.24) is 30.3 Å². The maximum Gasteiger partial charge on any atom is 0.272 e. The van der Waals surface area contributed by atoms with Crippen molar-refractivity contribution >= 4 is 5.91 Å². The number of nitrogens with zero attached hydrogens (tertiary/aromatic N) is 4. The summed E-state index contributed by atoms with van der Waals surface area (Å²) in [5, 5.41) is 14.0. The Balaban J connectivity index is 1.37. The van der Waals surface area contributed by atoms with Crippen LogP contribution in [0.3, 0.4) is 0 Å². The van der Waals surface area contributed by atoms with Crippen molar-refractivity contribution in [3.05, 3.63) is 59.8 Å². The van der Waals surface area contributed by atoms with Crippen LogP contribution in [-0.4, -0.2) is 30.9 Å². The summed E-state index contributed by atoms with van der Waals surface area (Å²) in [6, 6.07) is 7.47. The molecule has 0 atom stereocenters. The first kappa shape index (κ1) is 13.7. The summed E-state index contributed by atoms with van der Waals surface area (Å²) >= 11 is 0.